The third-order valence-corrected chi connectivity index (χ3v) is 1.95. The van der Waals surface area contributed by atoms with Gasteiger partial charge in [-0.2, -0.15) is 15.4 Å². The largest absolute Gasteiger partial charge is 0.433 e. The lowest BCUT2D eigenvalue weighted by Crippen LogP contribution is -1.89. The Labute approximate surface area is 83.9 Å². The first-order valence-electron chi connectivity index (χ1n) is 4.31. The van der Waals surface area contributed by atoms with E-state index in [-0.39, 0.29) is 5.95 Å². The van der Waals surface area contributed by atoms with Crippen LogP contribution in [-0.2, 0) is 6.42 Å². The van der Waals surface area contributed by atoms with Gasteiger partial charge in [0.05, 0.1) is 6.20 Å². The van der Waals surface area contributed by atoms with E-state index >= 15 is 0 Å². The Hall–Kier alpha value is -2.25. The quantitative estimate of drug-likeness (QED) is 0.568. The van der Waals surface area contributed by atoms with Gasteiger partial charge in [0.1, 0.15) is 5.69 Å². The van der Waals surface area contributed by atoms with Crippen LogP contribution in [0.3, 0.4) is 0 Å². The lowest BCUT2D eigenvalue weighted by atomic mass is 10.2. The predicted molar refractivity (Wildman–Crippen MR) is 50.0 cm³/mol. The molecule has 0 bridgehead atoms. The van der Waals surface area contributed by atoms with Crippen molar-refractivity contribution in [1.82, 2.24) is 25.4 Å². The SMILES string of the molecule is CCc1[nH]c([N+](=O)[O-])nc1-c1cn[nH]n1. The molecule has 0 saturated carbocycles. The molecule has 0 unspecified atom stereocenters. The van der Waals surface area contributed by atoms with Crippen LogP contribution in [0.15, 0.2) is 6.20 Å². The zero-order valence-electron chi connectivity index (χ0n) is 7.89. The van der Waals surface area contributed by atoms with Gasteiger partial charge in [-0.15, -0.1) is 0 Å². The number of hydrogen-bond acceptors (Lipinski definition) is 5. The molecular weight excluding hydrogens is 200 g/mol. The molecule has 0 spiro atoms. The molecule has 2 rings (SSSR count). The molecule has 8 nitrogen and oxygen atoms in total. The van der Waals surface area contributed by atoms with Crippen LogP contribution in [-0.4, -0.2) is 30.3 Å². The molecule has 2 heterocycles. The van der Waals surface area contributed by atoms with E-state index in [2.05, 4.69) is 25.4 Å². The molecule has 0 atom stereocenters. The van der Waals surface area contributed by atoms with Gasteiger partial charge in [-0.05, 0) is 4.92 Å². The number of rotatable bonds is 3. The molecule has 0 aliphatic carbocycles. The normalized spacial score (nSPS) is 10.5. The number of aromatic amines is 2. The summed E-state index contributed by atoms with van der Waals surface area (Å²) in [6, 6.07) is 0. The molecule has 8 heteroatoms. The molecular formula is C7H8N6O2. The first-order valence-corrected chi connectivity index (χ1v) is 4.31. The summed E-state index contributed by atoms with van der Waals surface area (Å²) in [4.78, 5) is 16.4. The molecule has 0 radical (unpaired) electrons. The second-order valence-electron chi connectivity index (χ2n) is 2.85. The van der Waals surface area contributed by atoms with E-state index in [1.165, 1.54) is 6.20 Å². The van der Waals surface area contributed by atoms with Crippen LogP contribution in [0.4, 0.5) is 5.95 Å². The number of aromatic nitrogens is 5. The maximum absolute atomic E-state index is 10.5. The summed E-state index contributed by atoms with van der Waals surface area (Å²) >= 11 is 0. The summed E-state index contributed by atoms with van der Waals surface area (Å²) in [5, 5.41) is 20.4. The number of H-pyrrole nitrogens is 2. The van der Waals surface area contributed by atoms with Crippen molar-refractivity contribution in [3.05, 3.63) is 22.0 Å². The van der Waals surface area contributed by atoms with Crippen molar-refractivity contribution in [3.8, 4) is 11.4 Å². The fourth-order valence-electron chi connectivity index (χ4n) is 1.27. The van der Waals surface area contributed by atoms with E-state index in [9.17, 15) is 10.1 Å². The molecule has 0 aliphatic heterocycles. The average molecular weight is 208 g/mol. The van der Waals surface area contributed by atoms with Crippen LogP contribution in [0.1, 0.15) is 12.6 Å². The summed E-state index contributed by atoms with van der Waals surface area (Å²) in [5.74, 6) is -0.273. The number of nitrogens with one attached hydrogen (secondary N) is 2. The summed E-state index contributed by atoms with van der Waals surface area (Å²) < 4.78 is 0. The van der Waals surface area contributed by atoms with Crippen LogP contribution in [0.2, 0.25) is 0 Å². The van der Waals surface area contributed by atoms with Crippen molar-refractivity contribution in [2.24, 2.45) is 0 Å². The zero-order chi connectivity index (χ0) is 10.8. The van der Waals surface area contributed by atoms with Crippen LogP contribution < -0.4 is 0 Å². The van der Waals surface area contributed by atoms with E-state index < -0.39 is 4.92 Å². The van der Waals surface area contributed by atoms with Gasteiger partial charge in [-0.1, -0.05) is 11.9 Å². The monoisotopic (exact) mass is 208 g/mol. The zero-order valence-corrected chi connectivity index (χ0v) is 7.89. The fourth-order valence-corrected chi connectivity index (χ4v) is 1.27. The average Bonchev–Trinajstić information content (AvgIpc) is 2.86. The van der Waals surface area contributed by atoms with E-state index in [0.29, 0.717) is 23.5 Å². The molecule has 0 aromatic carbocycles. The van der Waals surface area contributed by atoms with Crippen LogP contribution in [0.25, 0.3) is 11.4 Å². The number of imidazole rings is 1. The lowest BCUT2D eigenvalue weighted by molar-refractivity contribution is -0.393. The fraction of sp³-hybridized carbons (Fsp3) is 0.286. The third kappa shape index (κ3) is 1.56. The molecule has 0 fully saturated rings. The highest BCUT2D eigenvalue weighted by Crippen LogP contribution is 2.21. The topological polar surface area (TPSA) is 113 Å². The van der Waals surface area contributed by atoms with Gasteiger partial charge in [-0.3, -0.25) is 0 Å². The molecule has 0 amide bonds. The first-order chi connectivity index (χ1) is 7.22. The number of nitro groups is 1. The minimum Gasteiger partial charge on any atom is -0.390 e. The Morgan fingerprint density at radius 1 is 1.60 bits per heavy atom. The summed E-state index contributed by atoms with van der Waals surface area (Å²) in [7, 11) is 0. The van der Waals surface area contributed by atoms with Gasteiger partial charge >= 0.3 is 5.95 Å². The summed E-state index contributed by atoms with van der Waals surface area (Å²) in [6.07, 6.45) is 2.09. The van der Waals surface area contributed by atoms with Gasteiger partial charge in [-0.25, -0.2) is 4.98 Å². The minimum atomic E-state index is -0.567. The maximum Gasteiger partial charge on any atom is 0.433 e. The second-order valence-corrected chi connectivity index (χ2v) is 2.85. The number of nitrogens with zero attached hydrogens (tertiary/aromatic N) is 4. The Bertz CT molecular complexity index is 474. The number of aryl methyl sites for hydroxylation is 1. The smallest absolute Gasteiger partial charge is 0.390 e. The standard InChI is InChI=1S/C7H8N6O2/c1-2-4-6(5-3-8-12-11-5)10-7(9-4)13(14)15/h3H,2H2,1H3,(H,9,10)(H,8,11,12). The van der Waals surface area contributed by atoms with Crippen molar-refractivity contribution in [1.29, 1.82) is 0 Å². The molecule has 15 heavy (non-hydrogen) atoms. The molecule has 2 aromatic rings. The highest BCUT2D eigenvalue weighted by atomic mass is 16.6. The molecule has 2 N–H and O–H groups in total. The van der Waals surface area contributed by atoms with Crippen molar-refractivity contribution >= 4 is 5.95 Å². The van der Waals surface area contributed by atoms with Crippen molar-refractivity contribution < 1.29 is 4.92 Å². The Kier molecular flexibility index (Phi) is 2.16. The number of hydrogen-bond donors (Lipinski definition) is 2. The minimum absolute atomic E-state index is 0.273. The molecule has 0 saturated heterocycles. The Morgan fingerprint density at radius 3 is 2.93 bits per heavy atom. The van der Waals surface area contributed by atoms with E-state index in [0.717, 1.165) is 0 Å². The van der Waals surface area contributed by atoms with E-state index in [1.807, 2.05) is 6.92 Å². The molecule has 78 valence electrons. The molecule has 2 aromatic heterocycles. The van der Waals surface area contributed by atoms with Crippen molar-refractivity contribution in [2.75, 3.05) is 0 Å². The molecule has 0 aliphatic rings. The lowest BCUT2D eigenvalue weighted by Gasteiger charge is -1.87. The second kappa shape index (κ2) is 3.48. The van der Waals surface area contributed by atoms with Crippen LogP contribution >= 0.6 is 0 Å². The summed E-state index contributed by atoms with van der Waals surface area (Å²) in [6.45, 7) is 1.88. The van der Waals surface area contributed by atoms with E-state index in [4.69, 9.17) is 0 Å². The third-order valence-electron chi connectivity index (χ3n) is 1.95. The van der Waals surface area contributed by atoms with Crippen molar-refractivity contribution in [3.63, 3.8) is 0 Å². The van der Waals surface area contributed by atoms with Crippen molar-refractivity contribution in [2.45, 2.75) is 13.3 Å². The Morgan fingerprint density at radius 2 is 2.40 bits per heavy atom. The predicted octanol–water partition coefficient (Wildman–Crippen LogP) is 0.665. The van der Waals surface area contributed by atoms with Gasteiger partial charge < -0.3 is 10.1 Å². The van der Waals surface area contributed by atoms with Crippen LogP contribution in [0.5, 0.6) is 0 Å². The highest BCUT2D eigenvalue weighted by Gasteiger charge is 2.21. The first kappa shape index (κ1) is 9.31. The summed E-state index contributed by atoms with van der Waals surface area (Å²) in [5.41, 5.74) is 1.64. The maximum atomic E-state index is 10.5. The van der Waals surface area contributed by atoms with Gasteiger partial charge in [0.15, 0.2) is 5.69 Å². The van der Waals surface area contributed by atoms with Gasteiger partial charge in [0, 0.05) is 6.42 Å². The van der Waals surface area contributed by atoms with Gasteiger partial charge in [0.25, 0.3) is 0 Å². The highest BCUT2D eigenvalue weighted by molar-refractivity contribution is 5.57. The van der Waals surface area contributed by atoms with E-state index in [1.54, 1.807) is 0 Å². The van der Waals surface area contributed by atoms with Crippen LogP contribution in [0, 0.1) is 10.1 Å². The Balaban J connectivity index is 2.51. The van der Waals surface area contributed by atoms with Gasteiger partial charge in [0.2, 0.25) is 5.69 Å².